The molecule has 2 N–H and O–H groups in total. The number of anilines is 1. The fourth-order valence-corrected chi connectivity index (χ4v) is 3.67. The second-order valence-electron chi connectivity index (χ2n) is 7.15. The highest BCUT2D eigenvalue weighted by atomic mass is 16.5. The summed E-state index contributed by atoms with van der Waals surface area (Å²) in [7, 11) is 0. The monoisotopic (exact) mass is 375 g/mol. The quantitative estimate of drug-likeness (QED) is 0.596. The maximum Gasteiger partial charge on any atom is 0.194 e. The van der Waals surface area contributed by atoms with Crippen LogP contribution in [0, 0.1) is 0 Å². The van der Waals surface area contributed by atoms with Gasteiger partial charge in [0, 0.05) is 51.9 Å². The molecule has 0 amide bonds. The first-order valence-electron chi connectivity index (χ1n) is 10.1. The lowest BCUT2D eigenvalue weighted by molar-refractivity contribution is 0.0220. The summed E-state index contributed by atoms with van der Waals surface area (Å²) in [6, 6.07) is 7.99. The Morgan fingerprint density at radius 2 is 1.85 bits per heavy atom. The molecule has 0 bridgehead atoms. The molecule has 27 heavy (non-hydrogen) atoms. The molecule has 1 unspecified atom stereocenters. The molecule has 7 heteroatoms. The first-order valence-corrected chi connectivity index (χ1v) is 10.1. The van der Waals surface area contributed by atoms with Crippen molar-refractivity contribution in [1.29, 1.82) is 0 Å². The molecule has 2 aliphatic heterocycles. The molecule has 1 aromatic rings. The van der Waals surface area contributed by atoms with Crippen molar-refractivity contribution in [3.63, 3.8) is 0 Å². The minimum absolute atomic E-state index is 0.353. The van der Waals surface area contributed by atoms with Crippen molar-refractivity contribution in [2.24, 2.45) is 4.99 Å². The number of ether oxygens (including phenoxy) is 1. The van der Waals surface area contributed by atoms with E-state index in [1.54, 1.807) is 6.07 Å². The van der Waals surface area contributed by atoms with E-state index < -0.39 is 0 Å². The lowest BCUT2D eigenvalue weighted by Gasteiger charge is -2.38. The second-order valence-corrected chi connectivity index (χ2v) is 7.15. The number of hydrogen-bond acceptors (Lipinski definition) is 5. The predicted octanol–water partition coefficient (Wildman–Crippen LogP) is 1.20. The Balaban J connectivity index is 1.56. The van der Waals surface area contributed by atoms with E-state index in [1.807, 2.05) is 18.2 Å². The number of rotatable bonds is 5. The Labute approximate surface area is 162 Å². The van der Waals surface area contributed by atoms with Crippen molar-refractivity contribution in [2.45, 2.75) is 19.9 Å². The van der Waals surface area contributed by atoms with E-state index in [1.165, 1.54) is 0 Å². The van der Waals surface area contributed by atoms with Gasteiger partial charge in [0.1, 0.15) is 5.75 Å². The van der Waals surface area contributed by atoms with Gasteiger partial charge in [-0.15, -0.1) is 0 Å². The molecule has 2 aliphatic rings. The molecule has 0 spiro atoms. The molecular formula is C20H33N5O2. The molecule has 2 saturated heterocycles. The summed E-state index contributed by atoms with van der Waals surface area (Å²) in [5, 5.41) is 13.5. The Hall–Kier alpha value is -1.99. The number of para-hydroxylation sites is 2. The Kier molecular flexibility index (Phi) is 7.18. The van der Waals surface area contributed by atoms with E-state index in [-0.39, 0.29) is 0 Å². The number of phenolic OH excluding ortho intramolecular Hbond substituents is 1. The normalized spacial score (nSPS) is 20.6. The highest BCUT2D eigenvalue weighted by Gasteiger charge is 2.22. The summed E-state index contributed by atoms with van der Waals surface area (Å²) < 4.78 is 5.44. The van der Waals surface area contributed by atoms with Gasteiger partial charge in [-0.05, 0) is 26.0 Å². The fraction of sp³-hybridized carbons (Fsp3) is 0.650. The lowest BCUT2D eigenvalue weighted by Crippen LogP contribution is -2.53. The fourth-order valence-electron chi connectivity index (χ4n) is 3.67. The van der Waals surface area contributed by atoms with Gasteiger partial charge in [0.2, 0.25) is 0 Å². The van der Waals surface area contributed by atoms with E-state index in [0.717, 1.165) is 77.2 Å². The summed E-state index contributed by atoms with van der Waals surface area (Å²) in [5.41, 5.74) is 0.917. The van der Waals surface area contributed by atoms with Crippen LogP contribution in [-0.4, -0.2) is 92.5 Å². The average molecular weight is 376 g/mol. The molecule has 0 aromatic heterocycles. The zero-order chi connectivity index (χ0) is 19.1. The van der Waals surface area contributed by atoms with E-state index in [0.29, 0.717) is 11.8 Å². The van der Waals surface area contributed by atoms with E-state index >= 15 is 0 Å². The third-order valence-electron chi connectivity index (χ3n) is 5.31. The topological polar surface area (TPSA) is 63.6 Å². The minimum Gasteiger partial charge on any atom is -0.506 e. The van der Waals surface area contributed by atoms with Gasteiger partial charge in [0.25, 0.3) is 0 Å². The van der Waals surface area contributed by atoms with Gasteiger partial charge < -0.3 is 25.0 Å². The van der Waals surface area contributed by atoms with E-state index in [9.17, 15) is 5.11 Å². The number of aromatic hydroxyl groups is 1. The number of nitrogens with zero attached hydrogens (tertiary/aromatic N) is 4. The maximum absolute atomic E-state index is 10.1. The van der Waals surface area contributed by atoms with Gasteiger partial charge in [-0.3, -0.25) is 9.89 Å². The molecule has 7 nitrogen and oxygen atoms in total. The van der Waals surface area contributed by atoms with Gasteiger partial charge in [-0.2, -0.15) is 0 Å². The number of aliphatic imine (C=N–C) groups is 1. The van der Waals surface area contributed by atoms with Crippen molar-refractivity contribution in [3.8, 4) is 5.75 Å². The first-order chi connectivity index (χ1) is 13.2. The maximum atomic E-state index is 10.1. The molecular weight excluding hydrogens is 342 g/mol. The van der Waals surface area contributed by atoms with Crippen molar-refractivity contribution in [1.82, 2.24) is 15.1 Å². The average Bonchev–Trinajstić information content (AvgIpc) is 2.72. The number of hydrogen-bond donors (Lipinski definition) is 2. The largest absolute Gasteiger partial charge is 0.506 e. The number of morpholine rings is 1. The number of benzene rings is 1. The Morgan fingerprint density at radius 3 is 2.52 bits per heavy atom. The highest BCUT2D eigenvalue weighted by Crippen LogP contribution is 2.27. The molecule has 3 rings (SSSR count). The Morgan fingerprint density at radius 1 is 1.15 bits per heavy atom. The van der Waals surface area contributed by atoms with Gasteiger partial charge in [0.05, 0.1) is 25.4 Å². The van der Waals surface area contributed by atoms with E-state index in [2.05, 4.69) is 33.9 Å². The van der Waals surface area contributed by atoms with Crippen LogP contribution in [0.25, 0.3) is 0 Å². The number of nitrogens with one attached hydrogen (secondary N) is 1. The van der Waals surface area contributed by atoms with Gasteiger partial charge >= 0.3 is 0 Å². The zero-order valence-electron chi connectivity index (χ0n) is 16.6. The van der Waals surface area contributed by atoms with Crippen LogP contribution in [0.15, 0.2) is 29.3 Å². The first kappa shape index (κ1) is 19.8. The van der Waals surface area contributed by atoms with Crippen LogP contribution in [-0.2, 0) is 4.74 Å². The van der Waals surface area contributed by atoms with Crippen molar-refractivity contribution in [3.05, 3.63) is 24.3 Å². The summed E-state index contributed by atoms with van der Waals surface area (Å²) in [6.07, 6.45) is 0. The van der Waals surface area contributed by atoms with Crippen LogP contribution in [0.3, 0.4) is 0 Å². The highest BCUT2D eigenvalue weighted by molar-refractivity contribution is 5.80. The summed E-state index contributed by atoms with van der Waals surface area (Å²) in [5.74, 6) is 1.35. The number of phenols is 1. The van der Waals surface area contributed by atoms with Crippen molar-refractivity contribution < 1.29 is 9.84 Å². The van der Waals surface area contributed by atoms with Gasteiger partial charge in [-0.1, -0.05) is 12.1 Å². The molecule has 2 fully saturated rings. The number of guanidine groups is 1. The summed E-state index contributed by atoms with van der Waals surface area (Å²) in [4.78, 5) is 11.9. The molecule has 0 saturated carbocycles. The van der Waals surface area contributed by atoms with Crippen LogP contribution in [0.4, 0.5) is 5.69 Å². The molecule has 0 radical (unpaired) electrons. The minimum atomic E-state index is 0.353. The van der Waals surface area contributed by atoms with Gasteiger partial charge in [-0.25, -0.2) is 0 Å². The summed E-state index contributed by atoms with van der Waals surface area (Å²) >= 11 is 0. The smallest absolute Gasteiger partial charge is 0.194 e. The van der Waals surface area contributed by atoms with Crippen molar-refractivity contribution >= 4 is 11.6 Å². The van der Waals surface area contributed by atoms with Crippen LogP contribution in [0.5, 0.6) is 5.75 Å². The predicted molar refractivity (Wildman–Crippen MR) is 110 cm³/mol. The SMILES string of the molecule is CCNC(=NCC(C)N1CCOCC1)N1CCN(c2ccccc2O)CC1. The van der Waals surface area contributed by atoms with Crippen molar-refractivity contribution in [2.75, 3.05) is 70.5 Å². The molecule has 1 atom stereocenters. The molecule has 0 aliphatic carbocycles. The third kappa shape index (κ3) is 5.26. The van der Waals surface area contributed by atoms with E-state index in [4.69, 9.17) is 9.73 Å². The van der Waals surface area contributed by atoms with Crippen LogP contribution >= 0.6 is 0 Å². The van der Waals surface area contributed by atoms with Crippen LogP contribution in [0.2, 0.25) is 0 Å². The van der Waals surface area contributed by atoms with Gasteiger partial charge in [0.15, 0.2) is 5.96 Å². The van der Waals surface area contributed by atoms with Crippen LogP contribution in [0.1, 0.15) is 13.8 Å². The van der Waals surface area contributed by atoms with Crippen LogP contribution < -0.4 is 10.2 Å². The molecule has 1 aromatic carbocycles. The Bertz CT molecular complexity index is 610. The lowest BCUT2D eigenvalue weighted by atomic mass is 10.2. The summed E-state index contributed by atoms with van der Waals surface area (Å²) in [6.45, 7) is 13.2. The standard InChI is InChI=1S/C20H33N5O2/c1-3-21-20(22-16-17(2)23-12-14-27-15-13-23)25-10-8-24(9-11-25)18-6-4-5-7-19(18)26/h4-7,17,26H,3,8-16H2,1-2H3,(H,21,22). The third-order valence-corrected chi connectivity index (χ3v) is 5.31. The zero-order valence-corrected chi connectivity index (χ0v) is 16.6. The number of piperazine rings is 1. The molecule has 2 heterocycles. The second kappa shape index (κ2) is 9.80. The molecule has 150 valence electrons.